The van der Waals surface area contributed by atoms with Crippen molar-refractivity contribution in [3.05, 3.63) is 47.5 Å². The molecule has 0 fully saturated rings. The summed E-state index contributed by atoms with van der Waals surface area (Å²) in [6.45, 7) is 2.75. The first kappa shape index (κ1) is 14.6. The van der Waals surface area contributed by atoms with Crippen LogP contribution < -0.4 is 10.1 Å². The molecular formula is C16H19N3O3. The lowest BCUT2D eigenvalue weighted by molar-refractivity contribution is -0.139. The van der Waals surface area contributed by atoms with Crippen molar-refractivity contribution < 1.29 is 14.6 Å². The van der Waals surface area contributed by atoms with E-state index < -0.39 is 12.0 Å². The summed E-state index contributed by atoms with van der Waals surface area (Å²) in [4.78, 5) is 18.7. The number of H-pyrrole nitrogens is 1. The third kappa shape index (κ3) is 2.82. The average Bonchev–Trinajstić information content (AvgIpc) is 3.01. The molecule has 116 valence electrons. The molecule has 0 radical (unpaired) electrons. The van der Waals surface area contributed by atoms with Crippen LogP contribution in [0.1, 0.15) is 36.3 Å². The van der Waals surface area contributed by atoms with Gasteiger partial charge in [-0.3, -0.25) is 10.1 Å². The molecule has 0 saturated heterocycles. The number of aromatic nitrogens is 2. The molecule has 6 nitrogen and oxygen atoms in total. The number of imidazole rings is 1. The van der Waals surface area contributed by atoms with Gasteiger partial charge in [-0.2, -0.15) is 0 Å². The molecule has 1 aromatic carbocycles. The number of ether oxygens (including phenoxy) is 1. The number of fused-ring (bicyclic) bond motifs is 1. The van der Waals surface area contributed by atoms with Crippen LogP contribution in [-0.4, -0.2) is 33.7 Å². The number of rotatable bonds is 5. The fraction of sp³-hybridized carbons (Fsp3) is 0.375. The Morgan fingerprint density at radius 2 is 2.18 bits per heavy atom. The molecule has 0 amide bonds. The van der Waals surface area contributed by atoms with Gasteiger partial charge in [-0.25, -0.2) is 4.98 Å². The summed E-state index contributed by atoms with van der Waals surface area (Å²) in [6, 6.07) is 6.87. The van der Waals surface area contributed by atoms with E-state index in [0.717, 1.165) is 29.1 Å². The second-order valence-corrected chi connectivity index (χ2v) is 5.38. The second kappa shape index (κ2) is 6.19. The van der Waals surface area contributed by atoms with Gasteiger partial charge in [0, 0.05) is 12.1 Å². The van der Waals surface area contributed by atoms with Crippen LogP contribution in [0, 0.1) is 0 Å². The summed E-state index contributed by atoms with van der Waals surface area (Å²) in [7, 11) is 0. The van der Waals surface area contributed by atoms with Gasteiger partial charge in [-0.05, 0) is 24.1 Å². The smallest absolute Gasteiger partial charge is 0.321 e. The minimum absolute atomic E-state index is 0.226. The Hall–Kier alpha value is -2.34. The van der Waals surface area contributed by atoms with Crippen LogP contribution in [0.25, 0.3) is 0 Å². The normalized spacial score (nSPS) is 20.4. The van der Waals surface area contributed by atoms with Crippen molar-refractivity contribution in [3.63, 3.8) is 0 Å². The van der Waals surface area contributed by atoms with E-state index in [1.165, 1.54) is 0 Å². The summed E-state index contributed by atoms with van der Waals surface area (Å²) in [5.41, 5.74) is 2.71. The number of carboxylic acid groups (broad SMARTS) is 1. The van der Waals surface area contributed by atoms with E-state index >= 15 is 0 Å². The predicted octanol–water partition coefficient (Wildman–Crippen LogP) is 1.89. The lowest BCUT2D eigenvalue weighted by Crippen LogP contribution is -2.45. The summed E-state index contributed by atoms with van der Waals surface area (Å²) >= 11 is 0. The Morgan fingerprint density at radius 3 is 2.86 bits per heavy atom. The lowest BCUT2D eigenvalue weighted by atomic mass is 9.94. The molecule has 2 atom stereocenters. The molecule has 0 bridgehead atoms. The maximum atomic E-state index is 11.3. The zero-order chi connectivity index (χ0) is 15.5. The molecule has 22 heavy (non-hydrogen) atoms. The van der Waals surface area contributed by atoms with E-state index in [4.69, 9.17) is 4.74 Å². The molecule has 3 N–H and O–H groups in total. The Morgan fingerprint density at radius 1 is 1.41 bits per heavy atom. The first-order valence-corrected chi connectivity index (χ1v) is 7.42. The molecule has 1 aliphatic heterocycles. The molecule has 0 saturated carbocycles. The average molecular weight is 301 g/mol. The highest BCUT2D eigenvalue weighted by Crippen LogP contribution is 2.29. The monoisotopic (exact) mass is 301 g/mol. The molecule has 6 heteroatoms. The van der Waals surface area contributed by atoms with E-state index in [2.05, 4.69) is 22.2 Å². The highest BCUT2D eigenvalue weighted by Gasteiger charge is 2.33. The first-order chi connectivity index (χ1) is 10.7. The predicted molar refractivity (Wildman–Crippen MR) is 80.9 cm³/mol. The highest BCUT2D eigenvalue weighted by atomic mass is 16.5. The molecule has 0 unspecified atom stereocenters. The van der Waals surface area contributed by atoms with Crippen molar-refractivity contribution in [1.82, 2.24) is 15.3 Å². The van der Waals surface area contributed by atoms with E-state index in [0.29, 0.717) is 13.0 Å². The number of nitrogens with one attached hydrogen (secondary N) is 2. The number of nitrogens with zero attached hydrogens (tertiary/aromatic N) is 1. The Bertz CT molecular complexity index is 651. The van der Waals surface area contributed by atoms with E-state index in [1.807, 2.05) is 24.3 Å². The number of aliphatic carboxylic acids is 1. The summed E-state index contributed by atoms with van der Waals surface area (Å²) < 4.78 is 5.57. The molecule has 2 aromatic rings. The summed E-state index contributed by atoms with van der Waals surface area (Å²) in [6.07, 6.45) is 2.99. The molecule has 1 aliphatic rings. The van der Waals surface area contributed by atoms with Gasteiger partial charge in [0.2, 0.25) is 0 Å². The number of benzene rings is 1. The number of hydrogen-bond acceptors (Lipinski definition) is 4. The molecule has 0 aliphatic carbocycles. The maximum absolute atomic E-state index is 11.3. The van der Waals surface area contributed by atoms with Crippen molar-refractivity contribution in [2.24, 2.45) is 0 Å². The third-order valence-electron chi connectivity index (χ3n) is 3.79. The van der Waals surface area contributed by atoms with Crippen LogP contribution in [0.3, 0.4) is 0 Å². The zero-order valence-electron chi connectivity index (χ0n) is 12.4. The largest absolute Gasteiger partial charge is 0.494 e. The Labute approximate surface area is 128 Å². The van der Waals surface area contributed by atoms with Crippen molar-refractivity contribution >= 4 is 5.97 Å². The van der Waals surface area contributed by atoms with Gasteiger partial charge in [0.1, 0.15) is 11.8 Å². The molecule has 3 rings (SSSR count). The van der Waals surface area contributed by atoms with Gasteiger partial charge < -0.3 is 14.8 Å². The highest BCUT2D eigenvalue weighted by molar-refractivity contribution is 5.74. The first-order valence-electron chi connectivity index (χ1n) is 7.42. The SMILES string of the molecule is CCCOc1ccc([C@@H]2N[C@H](C(=O)O)Cc3[nH]cnc32)cc1. The van der Waals surface area contributed by atoms with Crippen LogP contribution in [0.4, 0.5) is 0 Å². The standard InChI is InChI=1S/C16H19N3O3/c1-2-7-22-11-5-3-10(4-6-11)14-15-12(17-9-18-15)8-13(19-14)16(20)21/h3-6,9,13-14,19H,2,7-8H2,1H3,(H,17,18)(H,20,21)/t13-,14-/m0/s1. The fourth-order valence-corrected chi connectivity index (χ4v) is 2.68. The van der Waals surface area contributed by atoms with Gasteiger partial charge in [0.15, 0.2) is 0 Å². The van der Waals surface area contributed by atoms with Gasteiger partial charge in [-0.1, -0.05) is 19.1 Å². The van der Waals surface area contributed by atoms with Crippen molar-refractivity contribution in [1.29, 1.82) is 0 Å². The van der Waals surface area contributed by atoms with Crippen LogP contribution >= 0.6 is 0 Å². The molecule has 1 aromatic heterocycles. The minimum atomic E-state index is -0.854. The molecule has 2 heterocycles. The van der Waals surface area contributed by atoms with Gasteiger partial charge in [-0.15, -0.1) is 0 Å². The number of aromatic amines is 1. The molecule has 0 spiro atoms. The van der Waals surface area contributed by atoms with Crippen LogP contribution in [0.2, 0.25) is 0 Å². The minimum Gasteiger partial charge on any atom is -0.494 e. The van der Waals surface area contributed by atoms with Crippen molar-refractivity contribution in [3.8, 4) is 5.75 Å². The van der Waals surface area contributed by atoms with Crippen LogP contribution in [-0.2, 0) is 11.2 Å². The number of hydrogen-bond donors (Lipinski definition) is 3. The summed E-state index contributed by atoms with van der Waals surface area (Å²) in [5.74, 6) is -0.0356. The van der Waals surface area contributed by atoms with E-state index in [9.17, 15) is 9.90 Å². The van der Waals surface area contributed by atoms with Crippen molar-refractivity contribution in [2.45, 2.75) is 31.8 Å². The van der Waals surface area contributed by atoms with Crippen molar-refractivity contribution in [2.75, 3.05) is 6.61 Å². The Balaban J connectivity index is 1.85. The Kier molecular flexibility index (Phi) is 4.11. The van der Waals surface area contributed by atoms with E-state index in [1.54, 1.807) is 6.33 Å². The fourth-order valence-electron chi connectivity index (χ4n) is 2.68. The van der Waals surface area contributed by atoms with E-state index in [-0.39, 0.29) is 6.04 Å². The lowest BCUT2D eigenvalue weighted by Gasteiger charge is -2.28. The molecular weight excluding hydrogens is 282 g/mol. The van der Waals surface area contributed by atoms with Crippen LogP contribution in [0.5, 0.6) is 5.75 Å². The van der Waals surface area contributed by atoms with Gasteiger partial charge in [0.05, 0.1) is 24.7 Å². The zero-order valence-corrected chi connectivity index (χ0v) is 12.4. The maximum Gasteiger partial charge on any atom is 0.321 e. The number of carbonyl (C=O) groups is 1. The number of carboxylic acids is 1. The summed E-state index contributed by atoms with van der Waals surface area (Å²) in [5, 5.41) is 12.4. The topological polar surface area (TPSA) is 87.2 Å². The van der Waals surface area contributed by atoms with Gasteiger partial charge in [0.25, 0.3) is 0 Å². The van der Waals surface area contributed by atoms with Gasteiger partial charge >= 0.3 is 5.97 Å². The second-order valence-electron chi connectivity index (χ2n) is 5.38. The third-order valence-corrected chi connectivity index (χ3v) is 3.79. The van der Waals surface area contributed by atoms with Crippen LogP contribution in [0.15, 0.2) is 30.6 Å². The quantitative estimate of drug-likeness (QED) is 0.785.